The molecule has 6 heteroatoms. The maximum absolute atomic E-state index is 6.04. The molecule has 0 bridgehead atoms. The van der Waals surface area contributed by atoms with E-state index in [-0.39, 0.29) is 0 Å². The van der Waals surface area contributed by atoms with Crippen molar-refractivity contribution in [3.63, 3.8) is 0 Å². The first-order chi connectivity index (χ1) is 11.3. The minimum Gasteiger partial charge on any atom is -0.354 e. The van der Waals surface area contributed by atoms with Crippen LogP contribution < -0.4 is 4.90 Å². The van der Waals surface area contributed by atoms with Crippen molar-refractivity contribution in [3.05, 3.63) is 53.7 Å². The number of halogens is 1. The summed E-state index contributed by atoms with van der Waals surface area (Å²) in [5.74, 6) is 1.26. The molecule has 1 atom stereocenters. The first-order valence-corrected chi connectivity index (χ1v) is 8.12. The molecule has 0 aromatic carbocycles. The lowest BCUT2D eigenvalue weighted by molar-refractivity contribution is 0.499. The molecule has 23 heavy (non-hydrogen) atoms. The Labute approximate surface area is 139 Å². The number of rotatable bonds is 2. The molecule has 3 aromatic heterocycles. The molecule has 0 aliphatic carbocycles. The number of hydrogen-bond acceptors (Lipinski definition) is 5. The molecule has 4 heterocycles. The first kappa shape index (κ1) is 14.3. The number of nitrogens with zero attached hydrogens (tertiary/aromatic N) is 5. The van der Waals surface area contributed by atoms with Crippen molar-refractivity contribution in [2.45, 2.75) is 18.8 Å². The van der Waals surface area contributed by atoms with Gasteiger partial charge in [-0.1, -0.05) is 17.7 Å². The van der Waals surface area contributed by atoms with Gasteiger partial charge in [-0.05, 0) is 31.0 Å². The zero-order valence-corrected chi connectivity index (χ0v) is 13.3. The Hall–Kier alpha value is -2.27. The number of piperidine rings is 1. The van der Waals surface area contributed by atoms with Crippen molar-refractivity contribution in [2.24, 2.45) is 0 Å². The summed E-state index contributed by atoms with van der Waals surface area (Å²) in [6, 6.07) is 7.72. The lowest BCUT2D eigenvalue weighted by Crippen LogP contribution is -2.35. The van der Waals surface area contributed by atoms with E-state index >= 15 is 0 Å². The van der Waals surface area contributed by atoms with Gasteiger partial charge in [-0.15, -0.1) is 0 Å². The molecule has 1 fully saturated rings. The van der Waals surface area contributed by atoms with Crippen molar-refractivity contribution in [1.29, 1.82) is 0 Å². The van der Waals surface area contributed by atoms with E-state index in [4.69, 9.17) is 11.6 Å². The third kappa shape index (κ3) is 2.84. The van der Waals surface area contributed by atoms with E-state index in [2.05, 4.69) is 30.9 Å². The van der Waals surface area contributed by atoms with Gasteiger partial charge in [-0.3, -0.25) is 4.98 Å². The molecule has 116 valence electrons. The summed E-state index contributed by atoms with van der Waals surface area (Å²) in [5.41, 5.74) is 2.78. The van der Waals surface area contributed by atoms with Crippen LogP contribution in [0.25, 0.3) is 11.0 Å². The summed E-state index contributed by atoms with van der Waals surface area (Å²) in [6.07, 6.45) is 7.43. The van der Waals surface area contributed by atoms with Crippen molar-refractivity contribution in [1.82, 2.24) is 19.9 Å². The maximum atomic E-state index is 6.04. The molecular weight excluding hydrogens is 310 g/mol. The average molecular weight is 326 g/mol. The molecule has 0 spiro atoms. The van der Waals surface area contributed by atoms with E-state index < -0.39 is 0 Å². The van der Waals surface area contributed by atoms with Gasteiger partial charge < -0.3 is 4.90 Å². The standard InChI is InChI=1S/C17H16ClN5/c18-15-5-1-4-13(22-15)12-3-2-10-23(11-12)17-16-14(6-7-21-17)19-8-9-20-16/h1,4-9,12H,2-3,10-11H2. The fraction of sp³-hybridized carbons (Fsp3) is 0.294. The van der Waals surface area contributed by atoms with Gasteiger partial charge in [-0.2, -0.15) is 0 Å². The van der Waals surface area contributed by atoms with Crippen molar-refractivity contribution in [3.8, 4) is 0 Å². The Morgan fingerprint density at radius 2 is 1.96 bits per heavy atom. The van der Waals surface area contributed by atoms with E-state index in [1.165, 1.54) is 0 Å². The van der Waals surface area contributed by atoms with Crippen LogP contribution in [-0.4, -0.2) is 33.0 Å². The van der Waals surface area contributed by atoms with Gasteiger partial charge in [0.1, 0.15) is 10.7 Å². The third-order valence-corrected chi connectivity index (χ3v) is 4.45. The van der Waals surface area contributed by atoms with Crippen LogP contribution in [0.4, 0.5) is 5.82 Å². The summed E-state index contributed by atoms with van der Waals surface area (Å²) in [7, 11) is 0. The summed E-state index contributed by atoms with van der Waals surface area (Å²) < 4.78 is 0. The number of hydrogen-bond donors (Lipinski definition) is 0. The highest BCUT2D eigenvalue weighted by molar-refractivity contribution is 6.29. The van der Waals surface area contributed by atoms with Gasteiger partial charge in [0, 0.05) is 43.3 Å². The summed E-state index contributed by atoms with van der Waals surface area (Å²) in [4.78, 5) is 20.1. The highest BCUT2D eigenvalue weighted by atomic mass is 35.5. The number of pyridine rings is 2. The Kier molecular flexibility index (Phi) is 3.79. The fourth-order valence-corrected chi connectivity index (χ4v) is 3.35. The van der Waals surface area contributed by atoms with Gasteiger partial charge in [0.15, 0.2) is 5.82 Å². The highest BCUT2D eigenvalue weighted by Gasteiger charge is 2.24. The molecule has 1 unspecified atom stereocenters. The molecule has 1 aliphatic rings. The Balaban J connectivity index is 1.66. The molecule has 0 amide bonds. The summed E-state index contributed by atoms with van der Waals surface area (Å²) >= 11 is 6.04. The van der Waals surface area contributed by atoms with E-state index in [9.17, 15) is 0 Å². The van der Waals surface area contributed by atoms with Gasteiger partial charge in [0.2, 0.25) is 0 Å². The normalized spacial score (nSPS) is 18.3. The van der Waals surface area contributed by atoms with Crippen molar-refractivity contribution < 1.29 is 0 Å². The quantitative estimate of drug-likeness (QED) is 0.675. The third-order valence-electron chi connectivity index (χ3n) is 4.24. The second-order valence-corrected chi connectivity index (χ2v) is 6.12. The number of aromatic nitrogens is 4. The summed E-state index contributed by atoms with van der Waals surface area (Å²) in [6.45, 7) is 1.84. The molecule has 0 radical (unpaired) electrons. The van der Waals surface area contributed by atoms with Crippen LogP contribution in [-0.2, 0) is 0 Å². The van der Waals surface area contributed by atoms with Crippen molar-refractivity contribution >= 4 is 28.5 Å². The van der Waals surface area contributed by atoms with E-state index in [1.54, 1.807) is 18.6 Å². The lowest BCUT2D eigenvalue weighted by atomic mass is 9.94. The fourth-order valence-electron chi connectivity index (χ4n) is 3.18. The van der Waals surface area contributed by atoms with Gasteiger partial charge in [-0.25, -0.2) is 15.0 Å². The topological polar surface area (TPSA) is 54.8 Å². The zero-order chi connectivity index (χ0) is 15.6. The van der Waals surface area contributed by atoms with Gasteiger partial charge in [0.05, 0.1) is 5.52 Å². The second kappa shape index (κ2) is 6.08. The molecule has 4 rings (SSSR count). The van der Waals surface area contributed by atoms with Crippen LogP contribution in [0.3, 0.4) is 0 Å². The molecule has 0 N–H and O–H groups in total. The maximum Gasteiger partial charge on any atom is 0.156 e. The van der Waals surface area contributed by atoms with Crippen LogP contribution in [0, 0.1) is 0 Å². The van der Waals surface area contributed by atoms with Gasteiger partial charge >= 0.3 is 0 Å². The largest absolute Gasteiger partial charge is 0.354 e. The second-order valence-electron chi connectivity index (χ2n) is 5.73. The summed E-state index contributed by atoms with van der Waals surface area (Å²) in [5, 5.41) is 0.550. The molecule has 5 nitrogen and oxygen atoms in total. The van der Waals surface area contributed by atoms with Crippen LogP contribution in [0.5, 0.6) is 0 Å². The average Bonchev–Trinajstić information content (AvgIpc) is 2.61. The Morgan fingerprint density at radius 3 is 2.87 bits per heavy atom. The monoisotopic (exact) mass is 325 g/mol. The molecular formula is C17H16ClN5. The van der Waals surface area contributed by atoms with Gasteiger partial charge in [0.25, 0.3) is 0 Å². The molecule has 1 saturated heterocycles. The number of fused-ring (bicyclic) bond motifs is 1. The first-order valence-electron chi connectivity index (χ1n) is 7.74. The minimum atomic E-state index is 0.358. The SMILES string of the molecule is Clc1cccc(C2CCCN(c3nccc4nccnc34)C2)n1. The predicted octanol–water partition coefficient (Wildman–Crippen LogP) is 3.46. The van der Waals surface area contributed by atoms with E-state index in [1.807, 2.05) is 18.2 Å². The lowest BCUT2D eigenvalue weighted by Gasteiger charge is -2.33. The minimum absolute atomic E-state index is 0.358. The molecule has 1 aliphatic heterocycles. The molecule has 3 aromatic rings. The highest BCUT2D eigenvalue weighted by Crippen LogP contribution is 2.30. The van der Waals surface area contributed by atoms with E-state index in [0.29, 0.717) is 11.1 Å². The molecule has 0 saturated carbocycles. The van der Waals surface area contributed by atoms with Crippen LogP contribution in [0.2, 0.25) is 5.15 Å². The van der Waals surface area contributed by atoms with Crippen LogP contribution in [0.1, 0.15) is 24.5 Å². The predicted molar refractivity (Wildman–Crippen MR) is 90.8 cm³/mol. The van der Waals surface area contributed by atoms with E-state index in [0.717, 1.165) is 48.5 Å². The van der Waals surface area contributed by atoms with Crippen LogP contribution >= 0.6 is 11.6 Å². The smallest absolute Gasteiger partial charge is 0.156 e. The van der Waals surface area contributed by atoms with Crippen LogP contribution in [0.15, 0.2) is 42.9 Å². The zero-order valence-electron chi connectivity index (χ0n) is 12.6. The number of anilines is 1. The Morgan fingerprint density at radius 1 is 1.04 bits per heavy atom. The Bertz CT molecular complexity index is 833. The van der Waals surface area contributed by atoms with Crippen molar-refractivity contribution in [2.75, 3.05) is 18.0 Å².